The van der Waals surface area contributed by atoms with Crippen LogP contribution in [0.15, 0.2) is 78.9 Å². The third-order valence-corrected chi connectivity index (χ3v) is 4.24. The Morgan fingerprint density at radius 1 is 0.783 bits per heavy atom. The Morgan fingerprint density at radius 3 is 1.87 bits per heavy atom. The first-order valence-electron chi connectivity index (χ1n) is 7.77. The molecule has 3 aromatic rings. The summed E-state index contributed by atoms with van der Waals surface area (Å²) in [6, 6.07) is 26.3. The van der Waals surface area contributed by atoms with Crippen molar-refractivity contribution in [2.24, 2.45) is 0 Å². The number of halogens is 1. The van der Waals surface area contributed by atoms with E-state index in [1.165, 1.54) is 0 Å². The summed E-state index contributed by atoms with van der Waals surface area (Å²) in [7, 11) is 0. The molecule has 0 spiro atoms. The Bertz CT molecular complexity index is 714. The first kappa shape index (κ1) is 15.6. The Kier molecular flexibility index (Phi) is 4.99. The summed E-state index contributed by atoms with van der Waals surface area (Å²) in [5.74, 6) is 0.902. The maximum atomic E-state index is 10.5. The molecule has 0 unspecified atom stereocenters. The summed E-state index contributed by atoms with van der Waals surface area (Å²) in [5.41, 5.74) is 4.39. The van der Waals surface area contributed by atoms with Crippen LogP contribution in [0.5, 0.6) is 5.75 Å². The summed E-state index contributed by atoms with van der Waals surface area (Å²) in [6.07, 6.45) is 0.797. The SMILES string of the molecule is Oc1ccc(CCCl)cc1C(c1ccccc1)c1ccccc1. The molecule has 0 fully saturated rings. The molecule has 0 aliphatic rings. The van der Waals surface area contributed by atoms with E-state index in [-0.39, 0.29) is 5.92 Å². The van der Waals surface area contributed by atoms with Gasteiger partial charge in [0.1, 0.15) is 5.75 Å². The maximum Gasteiger partial charge on any atom is 0.119 e. The molecule has 0 atom stereocenters. The van der Waals surface area contributed by atoms with Gasteiger partial charge in [-0.2, -0.15) is 0 Å². The molecule has 0 aliphatic carbocycles. The van der Waals surface area contributed by atoms with Crippen LogP contribution >= 0.6 is 11.6 Å². The second-order valence-electron chi connectivity index (χ2n) is 5.59. The molecule has 0 bridgehead atoms. The first-order valence-corrected chi connectivity index (χ1v) is 8.30. The number of aromatic hydroxyl groups is 1. The molecule has 1 nitrogen and oxygen atoms in total. The van der Waals surface area contributed by atoms with Crippen molar-refractivity contribution in [3.05, 3.63) is 101 Å². The smallest absolute Gasteiger partial charge is 0.119 e. The van der Waals surface area contributed by atoms with Gasteiger partial charge in [-0.3, -0.25) is 0 Å². The molecule has 116 valence electrons. The second-order valence-corrected chi connectivity index (χ2v) is 5.96. The number of rotatable bonds is 5. The molecule has 3 rings (SSSR count). The lowest BCUT2D eigenvalue weighted by atomic mass is 9.84. The van der Waals surface area contributed by atoms with Gasteiger partial charge in [0, 0.05) is 17.4 Å². The van der Waals surface area contributed by atoms with Gasteiger partial charge in [0.05, 0.1) is 0 Å². The van der Waals surface area contributed by atoms with Crippen molar-refractivity contribution < 1.29 is 5.11 Å². The Labute approximate surface area is 142 Å². The minimum atomic E-state index is 0.00711. The van der Waals surface area contributed by atoms with Gasteiger partial charge in [0.15, 0.2) is 0 Å². The Balaban J connectivity index is 2.15. The molecule has 0 saturated heterocycles. The number of phenols is 1. The summed E-state index contributed by atoms with van der Waals surface area (Å²) in [6.45, 7) is 0. The topological polar surface area (TPSA) is 20.2 Å². The number of aryl methyl sites for hydroxylation is 1. The fourth-order valence-electron chi connectivity index (χ4n) is 2.94. The van der Waals surface area contributed by atoms with Crippen molar-refractivity contribution in [1.29, 1.82) is 0 Å². The van der Waals surface area contributed by atoms with Crippen LogP contribution in [0.25, 0.3) is 0 Å². The number of hydrogen-bond donors (Lipinski definition) is 1. The highest BCUT2D eigenvalue weighted by atomic mass is 35.5. The number of benzene rings is 3. The monoisotopic (exact) mass is 322 g/mol. The lowest BCUT2D eigenvalue weighted by molar-refractivity contribution is 0.467. The number of phenolic OH excluding ortho intramolecular Hbond substituents is 1. The molecule has 3 aromatic carbocycles. The minimum absolute atomic E-state index is 0.00711. The van der Waals surface area contributed by atoms with Crippen molar-refractivity contribution in [2.45, 2.75) is 12.3 Å². The lowest BCUT2D eigenvalue weighted by Crippen LogP contribution is -2.04. The van der Waals surface area contributed by atoms with Crippen LogP contribution in [-0.4, -0.2) is 11.0 Å². The quantitative estimate of drug-likeness (QED) is 0.495. The Morgan fingerprint density at radius 2 is 1.35 bits per heavy atom. The van der Waals surface area contributed by atoms with E-state index in [0.29, 0.717) is 11.6 Å². The molecule has 23 heavy (non-hydrogen) atoms. The molecular formula is C21H19ClO. The van der Waals surface area contributed by atoms with E-state index in [2.05, 4.69) is 30.3 Å². The van der Waals surface area contributed by atoms with Gasteiger partial charge in [0.25, 0.3) is 0 Å². The van der Waals surface area contributed by atoms with E-state index in [1.807, 2.05) is 42.5 Å². The van der Waals surface area contributed by atoms with Gasteiger partial charge in [0.2, 0.25) is 0 Å². The fourth-order valence-corrected chi connectivity index (χ4v) is 3.16. The predicted molar refractivity (Wildman–Crippen MR) is 96.4 cm³/mol. The first-order chi connectivity index (χ1) is 11.3. The van der Waals surface area contributed by atoms with Crippen LogP contribution in [0, 0.1) is 0 Å². The summed E-state index contributed by atoms with van der Waals surface area (Å²) in [5, 5.41) is 10.5. The van der Waals surface area contributed by atoms with Crippen LogP contribution in [-0.2, 0) is 6.42 Å². The van der Waals surface area contributed by atoms with Gasteiger partial charge < -0.3 is 5.11 Å². The van der Waals surface area contributed by atoms with Crippen molar-refractivity contribution in [1.82, 2.24) is 0 Å². The third-order valence-electron chi connectivity index (χ3n) is 4.05. The van der Waals surface area contributed by atoms with Gasteiger partial charge in [-0.15, -0.1) is 11.6 Å². The van der Waals surface area contributed by atoms with E-state index < -0.39 is 0 Å². The van der Waals surface area contributed by atoms with Crippen LogP contribution in [0.3, 0.4) is 0 Å². The standard InChI is InChI=1S/C21H19ClO/c22-14-13-16-11-12-20(23)19(15-16)21(17-7-3-1-4-8-17)18-9-5-2-6-10-18/h1-12,15,21,23H,13-14H2. The molecular weight excluding hydrogens is 304 g/mol. The van der Waals surface area contributed by atoms with E-state index in [4.69, 9.17) is 11.6 Å². The number of alkyl halides is 1. The van der Waals surface area contributed by atoms with Crippen molar-refractivity contribution in [3.8, 4) is 5.75 Å². The molecule has 0 aromatic heterocycles. The van der Waals surface area contributed by atoms with E-state index >= 15 is 0 Å². The highest BCUT2D eigenvalue weighted by molar-refractivity contribution is 6.17. The molecule has 1 N–H and O–H groups in total. The summed E-state index contributed by atoms with van der Waals surface area (Å²) in [4.78, 5) is 0. The van der Waals surface area contributed by atoms with Crippen LogP contribution in [0.2, 0.25) is 0 Å². The van der Waals surface area contributed by atoms with Crippen molar-refractivity contribution >= 4 is 11.6 Å². The third kappa shape index (κ3) is 3.57. The normalized spacial score (nSPS) is 10.9. The zero-order valence-electron chi connectivity index (χ0n) is 12.8. The number of hydrogen-bond acceptors (Lipinski definition) is 1. The van der Waals surface area contributed by atoms with Crippen LogP contribution in [0.4, 0.5) is 0 Å². The molecule has 0 amide bonds. The second kappa shape index (κ2) is 7.34. The fraction of sp³-hybridized carbons (Fsp3) is 0.143. The van der Waals surface area contributed by atoms with Crippen LogP contribution in [0.1, 0.15) is 28.2 Å². The zero-order chi connectivity index (χ0) is 16.1. The van der Waals surface area contributed by atoms with Crippen molar-refractivity contribution in [2.75, 3.05) is 5.88 Å². The van der Waals surface area contributed by atoms with Gasteiger partial charge >= 0.3 is 0 Å². The van der Waals surface area contributed by atoms with Gasteiger partial charge in [-0.05, 0) is 29.2 Å². The summed E-state index contributed by atoms with van der Waals surface area (Å²) < 4.78 is 0. The molecule has 0 radical (unpaired) electrons. The lowest BCUT2D eigenvalue weighted by Gasteiger charge is -2.20. The zero-order valence-corrected chi connectivity index (χ0v) is 13.6. The summed E-state index contributed by atoms with van der Waals surface area (Å²) >= 11 is 5.88. The van der Waals surface area contributed by atoms with E-state index in [0.717, 1.165) is 28.7 Å². The maximum absolute atomic E-state index is 10.5. The van der Waals surface area contributed by atoms with Gasteiger partial charge in [-0.1, -0.05) is 72.8 Å². The van der Waals surface area contributed by atoms with Crippen molar-refractivity contribution in [3.63, 3.8) is 0 Å². The largest absolute Gasteiger partial charge is 0.508 e. The van der Waals surface area contributed by atoms with E-state index in [1.54, 1.807) is 6.07 Å². The highest BCUT2D eigenvalue weighted by Crippen LogP contribution is 2.37. The van der Waals surface area contributed by atoms with E-state index in [9.17, 15) is 5.11 Å². The van der Waals surface area contributed by atoms with Crippen LogP contribution < -0.4 is 0 Å². The predicted octanol–water partition coefficient (Wildman–Crippen LogP) is 5.35. The molecule has 2 heteroatoms. The average Bonchev–Trinajstić information content (AvgIpc) is 2.60. The molecule has 0 saturated carbocycles. The Hall–Kier alpha value is -2.25. The highest BCUT2D eigenvalue weighted by Gasteiger charge is 2.20. The van der Waals surface area contributed by atoms with Gasteiger partial charge in [-0.25, -0.2) is 0 Å². The average molecular weight is 323 g/mol. The molecule has 0 aliphatic heterocycles. The molecule has 0 heterocycles. The minimum Gasteiger partial charge on any atom is -0.508 e.